The van der Waals surface area contributed by atoms with Crippen LogP contribution in [0.2, 0.25) is 0 Å². The fraction of sp³-hybridized carbons (Fsp3) is 0.556. The highest BCUT2D eigenvalue weighted by atomic mass is 16.5. The normalized spacial score (nSPS) is 23.3. The average molecular weight is 168 g/mol. The SMILES string of the molecule is CC(=O)O[C@@H]1CCC(C)=CC1=O. The van der Waals surface area contributed by atoms with Crippen LogP contribution < -0.4 is 0 Å². The lowest BCUT2D eigenvalue weighted by Gasteiger charge is -2.18. The van der Waals surface area contributed by atoms with Crippen molar-refractivity contribution in [3.8, 4) is 0 Å². The van der Waals surface area contributed by atoms with Crippen molar-refractivity contribution < 1.29 is 14.3 Å². The summed E-state index contributed by atoms with van der Waals surface area (Å²) in [5, 5.41) is 0. The van der Waals surface area contributed by atoms with Gasteiger partial charge < -0.3 is 4.74 Å². The zero-order chi connectivity index (χ0) is 9.14. The van der Waals surface area contributed by atoms with Crippen LogP contribution in [0.1, 0.15) is 26.7 Å². The largest absolute Gasteiger partial charge is 0.454 e. The molecule has 3 nitrogen and oxygen atoms in total. The third-order valence-electron chi connectivity index (χ3n) is 1.82. The van der Waals surface area contributed by atoms with Crippen LogP contribution >= 0.6 is 0 Å². The van der Waals surface area contributed by atoms with Crippen molar-refractivity contribution in [3.05, 3.63) is 11.6 Å². The minimum absolute atomic E-state index is 0.0889. The molecular weight excluding hydrogens is 156 g/mol. The van der Waals surface area contributed by atoms with Crippen molar-refractivity contribution in [1.29, 1.82) is 0 Å². The summed E-state index contributed by atoms with van der Waals surface area (Å²) in [7, 11) is 0. The van der Waals surface area contributed by atoms with Gasteiger partial charge in [-0.15, -0.1) is 0 Å². The van der Waals surface area contributed by atoms with Gasteiger partial charge in [0.15, 0.2) is 11.9 Å². The van der Waals surface area contributed by atoms with Crippen molar-refractivity contribution in [2.75, 3.05) is 0 Å². The van der Waals surface area contributed by atoms with E-state index in [9.17, 15) is 9.59 Å². The van der Waals surface area contributed by atoms with Crippen molar-refractivity contribution >= 4 is 11.8 Å². The Kier molecular flexibility index (Phi) is 2.63. The molecule has 0 aromatic heterocycles. The van der Waals surface area contributed by atoms with Crippen LogP contribution in [0.4, 0.5) is 0 Å². The zero-order valence-electron chi connectivity index (χ0n) is 7.29. The van der Waals surface area contributed by atoms with Gasteiger partial charge in [0.25, 0.3) is 0 Å². The summed E-state index contributed by atoms with van der Waals surface area (Å²) in [5.41, 5.74) is 1.06. The highest BCUT2D eigenvalue weighted by Gasteiger charge is 2.22. The van der Waals surface area contributed by atoms with E-state index in [-0.39, 0.29) is 11.8 Å². The van der Waals surface area contributed by atoms with Crippen LogP contribution in [0.5, 0.6) is 0 Å². The van der Waals surface area contributed by atoms with Crippen LogP contribution in [-0.2, 0) is 14.3 Å². The van der Waals surface area contributed by atoms with Gasteiger partial charge >= 0.3 is 5.97 Å². The first kappa shape index (κ1) is 8.97. The predicted octanol–water partition coefficient (Wildman–Crippen LogP) is 1.23. The molecule has 1 aliphatic rings. The summed E-state index contributed by atoms with van der Waals surface area (Å²) in [6.07, 6.45) is 2.48. The first-order chi connectivity index (χ1) is 5.59. The van der Waals surface area contributed by atoms with Crippen molar-refractivity contribution in [1.82, 2.24) is 0 Å². The number of rotatable bonds is 1. The van der Waals surface area contributed by atoms with E-state index in [0.717, 1.165) is 12.0 Å². The summed E-state index contributed by atoms with van der Waals surface area (Å²) in [6.45, 7) is 3.22. The van der Waals surface area contributed by atoms with Crippen LogP contribution in [-0.4, -0.2) is 17.9 Å². The van der Waals surface area contributed by atoms with Crippen molar-refractivity contribution in [2.24, 2.45) is 0 Å². The molecule has 1 atom stereocenters. The summed E-state index contributed by atoms with van der Waals surface area (Å²) in [4.78, 5) is 21.7. The van der Waals surface area contributed by atoms with Crippen molar-refractivity contribution in [2.45, 2.75) is 32.8 Å². The van der Waals surface area contributed by atoms with Gasteiger partial charge in [0.2, 0.25) is 0 Å². The molecule has 0 spiro atoms. The van der Waals surface area contributed by atoms with Gasteiger partial charge in [-0.05, 0) is 25.8 Å². The summed E-state index contributed by atoms with van der Waals surface area (Å²) in [5.74, 6) is -0.477. The molecule has 0 bridgehead atoms. The van der Waals surface area contributed by atoms with E-state index in [1.54, 1.807) is 6.08 Å². The maximum atomic E-state index is 11.2. The maximum absolute atomic E-state index is 11.2. The first-order valence-electron chi connectivity index (χ1n) is 3.98. The zero-order valence-corrected chi connectivity index (χ0v) is 7.29. The van der Waals surface area contributed by atoms with Gasteiger partial charge in [-0.3, -0.25) is 9.59 Å². The number of carbonyl (C=O) groups excluding carboxylic acids is 2. The Bertz CT molecular complexity index is 240. The van der Waals surface area contributed by atoms with Crippen LogP contribution in [0.25, 0.3) is 0 Å². The number of allylic oxidation sites excluding steroid dienone is 1. The lowest BCUT2D eigenvalue weighted by Crippen LogP contribution is -2.27. The Morgan fingerprint density at radius 1 is 1.67 bits per heavy atom. The molecule has 0 fully saturated rings. The van der Waals surface area contributed by atoms with Gasteiger partial charge in [0.1, 0.15) is 0 Å². The molecule has 66 valence electrons. The van der Waals surface area contributed by atoms with Crippen molar-refractivity contribution in [3.63, 3.8) is 0 Å². The molecule has 0 heterocycles. The molecule has 0 saturated carbocycles. The average Bonchev–Trinajstić information content (AvgIpc) is 1.94. The first-order valence-corrected chi connectivity index (χ1v) is 3.98. The number of hydrogen-bond acceptors (Lipinski definition) is 3. The molecule has 1 aliphatic carbocycles. The molecule has 0 aromatic carbocycles. The topological polar surface area (TPSA) is 43.4 Å². The second-order valence-corrected chi connectivity index (χ2v) is 3.03. The second-order valence-electron chi connectivity index (χ2n) is 3.03. The Morgan fingerprint density at radius 3 is 2.83 bits per heavy atom. The molecule has 0 unspecified atom stereocenters. The number of esters is 1. The van der Waals surface area contributed by atoms with E-state index < -0.39 is 6.10 Å². The van der Waals surface area contributed by atoms with Gasteiger partial charge in [-0.1, -0.05) is 5.57 Å². The molecule has 0 radical (unpaired) electrons. The molecule has 1 rings (SSSR count). The highest BCUT2D eigenvalue weighted by molar-refractivity contribution is 5.96. The number of hydrogen-bond donors (Lipinski definition) is 0. The minimum Gasteiger partial charge on any atom is -0.454 e. The van der Waals surface area contributed by atoms with E-state index in [2.05, 4.69) is 0 Å². The lowest BCUT2D eigenvalue weighted by atomic mass is 9.97. The predicted molar refractivity (Wildman–Crippen MR) is 43.6 cm³/mol. The Morgan fingerprint density at radius 2 is 2.33 bits per heavy atom. The number of carbonyl (C=O) groups is 2. The van der Waals surface area contributed by atoms with E-state index in [4.69, 9.17) is 4.74 Å². The fourth-order valence-corrected chi connectivity index (χ4v) is 1.23. The standard InChI is InChI=1S/C9H12O3/c1-6-3-4-9(8(11)5-6)12-7(2)10/h5,9H,3-4H2,1-2H3/t9-/m1/s1. The number of ether oxygens (including phenoxy) is 1. The van der Waals surface area contributed by atoms with E-state index in [0.29, 0.717) is 6.42 Å². The van der Waals surface area contributed by atoms with E-state index in [1.165, 1.54) is 6.92 Å². The molecule has 0 N–H and O–H groups in total. The smallest absolute Gasteiger partial charge is 0.303 e. The monoisotopic (exact) mass is 168 g/mol. The molecule has 0 aromatic rings. The quantitative estimate of drug-likeness (QED) is 0.553. The lowest BCUT2D eigenvalue weighted by molar-refractivity contribution is -0.152. The van der Waals surface area contributed by atoms with Gasteiger partial charge in [0.05, 0.1) is 0 Å². The molecular formula is C9H12O3. The van der Waals surface area contributed by atoms with Crippen LogP contribution in [0.3, 0.4) is 0 Å². The van der Waals surface area contributed by atoms with E-state index in [1.807, 2.05) is 6.92 Å². The molecule has 12 heavy (non-hydrogen) atoms. The Balaban J connectivity index is 2.59. The van der Waals surface area contributed by atoms with E-state index >= 15 is 0 Å². The summed E-state index contributed by atoms with van der Waals surface area (Å²) in [6, 6.07) is 0. The fourth-order valence-electron chi connectivity index (χ4n) is 1.23. The third-order valence-corrected chi connectivity index (χ3v) is 1.82. The van der Waals surface area contributed by atoms with Crippen LogP contribution in [0, 0.1) is 0 Å². The molecule has 3 heteroatoms. The number of ketones is 1. The summed E-state index contributed by atoms with van der Waals surface area (Å²) < 4.78 is 4.82. The minimum atomic E-state index is -0.536. The molecule has 0 saturated heterocycles. The van der Waals surface area contributed by atoms with Gasteiger partial charge in [-0.2, -0.15) is 0 Å². The highest BCUT2D eigenvalue weighted by Crippen LogP contribution is 2.17. The van der Waals surface area contributed by atoms with Crippen LogP contribution in [0.15, 0.2) is 11.6 Å². The molecule has 0 aliphatic heterocycles. The summed E-state index contributed by atoms with van der Waals surface area (Å²) >= 11 is 0. The second kappa shape index (κ2) is 3.52. The Hall–Kier alpha value is -1.12. The Labute approximate surface area is 71.4 Å². The van der Waals surface area contributed by atoms with Gasteiger partial charge in [-0.25, -0.2) is 0 Å². The maximum Gasteiger partial charge on any atom is 0.303 e. The molecule has 0 amide bonds. The third kappa shape index (κ3) is 2.19. The van der Waals surface area contributed by atoms with Gasteiger partial charge in [0, 0.05) is 6.92 Å².